The summed E-state index contributed by atoms with van der Waals surface area (Å²) >= 11 is 0. The fourth-order valence-electron chi connectivity index (χ4n) is 2.78. The second-order valence-corrected chi connectivity index (χ2v) is 5.95. The van der Waals surface area contributed by atoms with Crippen LogP contribution in [0.2, 0.25) is 0 Å². The molecule has 3 aromatic rings. The van der Waals surface area contributed by atoms with Gasteiger partial charge in [0.1, 0.15) is 5.75 Å². The van der Waals surface area contributed by atoms with Crippen LogP contribution in [0.3, 0.4) is 0 Å². The van der Waals surface area contributed by atoms with Crippen LogP contribution < -0.4 is 4.74 Å². The number of aryl methyl sites for hydroxylation is 3. The van der Waals surface area contributed by atoms with Gasteiger partial charge in [-0.05, 0) is 56.2 Å². The number of hydrogen-bond donors (Lipinski definition) is 0. The molecule has 2 heteroatoms. The zero-order chi connectivity index (χ0) is 16.9. The molecule has 0 bridgehead atoms. The number of benzene rings is 3. The van der Waals surface area contributed by atoms with Gasteiger partial charge in [-0.3, -0.25) is 0 Å². The SMILES string of the molecule is Cc1cc(C)c(N=C(Oc2ccccc2)c2ccccc2)c(C)c1. The predicted molar refractivity (Wildman–Crippen MR) is 100 cm³/mol. The van der Waals surface area contributed by atoms with Crippen molar-refractivity contribution < 1.29 is 4.74 Å². The molecule has 0 heterocycles. The lowest BCUT2D eigenvalue weighted by Crippen LogP contribution is -2.10. The molecule has 0 fully saturated rings. The highest BCUT2D eigenvalue weighted by molar-refractivity contribution is 5.97. The summed E-state index contributed by atoms with van der Waals surface area (Å²) in [6, 6.07) is 24.1. The van der Waals surface area contributed by atoms with Gasteiger partial charge in [0.2, 0.25) is 5.90 Å². The standard InChI is InChI=1S/C22H21NO/c1-16-14-17(2)21(18(3)15-16)23-22(19-10-6-4-7-11-19)24-20-12-8-5-9-13-20/h4-15H,1-3H3. The minimum Gasteiger partial charge on any atom is -0.438 e. The summed E-state index contributed by atoms with van der Waals surface area (Å²) in [5.41, 5.74) is 5.47. The molecule has 3 aromatic carbocycles. The summed E-state index contributed by atoms with van der Waals surface area (Å²) in [5.74, 6) is 1.39. The van der Waals surface area contributed by atoms with Crippen molar-refractivity contribution >= 4 is 11.6 Å². The quantitative estimate of drug-likeness (QED) is 0.444. The van der Waals surface area contributed by atoms with Crippen LogP contribution in [0, 0.1) is 20.8 Å². The monoisotopic (exact) mass is 315 g/mol. The van der Waals surface area contributed by atoms with Crippen molar-refractivity contribution in [2.24, 2.45) is 4.99 Å². The Morgan fingerprint density at radius 3 is 1.88 bits per heavy atom. The highest BCUT2D eigenvalue weighted by Gasteiger charge is 2.10. The average molecular weight is 315 g/mol. The molecule has 24 heavy (non-hydrogen) atoms. The molecule has 3 rings (SSSR count). The summed E-state index contributed by atoms with van der Waals surface area (Å²) in [6.07, 6.45) is 0. The van der Waals surface area contributed by atoms with E-state index < -0.39 is 0 Å². The first-order valence-electron chi connectivity index (χ1n) is 8.08. The molecule has 2 nitrogen and oxygen atoms in total. The number of para-hydroxylation sites is 1. The van der Waals surface area contributed by atoms with E-state index in [1.165, 1.54) is 5.56 Å². The number of hydrogen-bond acceptors (Lipinski definition) is 2. The molecule has 0 spiro atoms. The molecule has 0 aliphatic heterocycles. The Bertz CT molecular complexity index is 829. The molecule has 0 atom stereocenters. The normalized spacial score (nSPS) is 11.4. The van der Waals surface area contributed by atoms with Gasteiger partial charge >= 0.3 is 0 Å². The fourth-order valence-corrected chi connectivity index (χ4v) is 2.78. The lowest BCUT2D eigenvalue weighted by atomic mass is 10.1. The molecular formula is C22H21NO. The molecule has 0 N–H and O–H groups in total. The van der Waals surface area contributed by atoms with Crippen LogP contribution in [-0.4, -0.2) is 5.90 Å². The van der Waals surface area contributed by atoms with Crippen molar-refractivity contribution in [3.05, 3.63) is 95.1 Å². The van der Waals surface area contributed by atoms with E-state index >= 15 is 0 Å². The van der Waals surface area contributed by atoms with Crippen LogP contribution in [-0.2, 0) is 0 Å². The molecule has 0 aromatic heterocycles. The Hall–Kier alpha value is -2.87. The predicted octanol–water partition coefficient (Wildman–Crippen LogP) is 5.77. The van der Waals surface area contributed by atoms with Crippen LogP contribution in [0.5, 0.6) is 5.75 Å². The number of aliphatic imine (C=N–C) groups is 1. The Labute approximate surface area is 143 Å². The number of ether oxygens (including phenoxy) is 1. The Kier molecular flexibility index (Phi) is 4.76. The third-order valence-corrected chi connectivity index (χ3v) is 3.83. The lowest BCUT2D eigenvalue weighted by molar-refractivity contribution is 0.553. The molecule has 0 saturated carbocycles. The van der Waals surface area contributed by atoms with Gasteiger partial charge in [0.25, 0.3) is 0 Å². The third-order valence-electron chi connectivity index (χ3n) is 3.83. The second-order valence-electron chi connectivity index (χ2n) is 5.95. The van der Waals surface area contributed by atoms with Gasteiger partial charge in [0.05, 0.1) is 5.69 Å². The molecular weight excluding hydrogens is 294 g/mol. The molecule has 0 unspecified atom stereocenters. The Balaban J connectivity index is 2.08. The highest BCUT2D eigenvalue weighted by Crippen LogP contribution is 2.26. The van der Waals surface area contributed by atoms with Gasteiger partial charge in [0, 0.05) is 5.56 Å². The van der Waals surface area contributed by atoms with Crippen LogP contribution in [0.25, 0.3) is 0 Å². The minimum atomic E-state index is 0.608. The summed E-state index contributed by atoms with van der Waals surface area (Å²) in [4.78, 5) is 4.86. The van der Waals surface area contributed by atoms with Crippen LogP contribution in [0.1, 0.15) is 22.3 Å². The van der Waals surface area contributed by atoms with Gasteiger partial charge in [-0.15, -0.1) is 0 Å². The van der Waals surface area contributed by atoms with E-state index in [9.17, 15) is 0 Å². The molecule has 0 aliphatic carbocycles. The largest absolute Gasteiger partial charge is 0.438 e. The molecule has 0 radical (unpaired) electrons. The van der Waals surface area contributed by atoms with Gasteiger partial charge in [-0.25, -0.2) is 4.99 Å². The number of rotatable bonds is 3. The van der Waals surface area contributed by atoms with Crippen molar-refractivity contribution in [2.45, 2.75) is 20.8 Å². The molecule has 0 saturated heterocycles. The summed E-state index contributed by atoms with van der Waals surface area (Å²) in [5, 5.41) is 0. The maximum Gasteiger partial charge on any atom is 0.227 e. The smallest absolute Gasteiger partial charge is 0.227 e. The average Bonchev–Trinajstić information content (AvgIpc) is 2.58. The number of nitrogens with zero attached hydrogens (tertiary/aromatic N) is 1. The first kappa shape index (κ1) is 16.0. The second kappa shape index (κ2) is 7.14. The van der Waals surface area contributed by atoms with Gasteiger partial charge in [-0.2, -0.15) is 0 Å². The van der Waals surface area contributed by atoms with E-state index in [-0.39, 0.29) is 0 Å². The van der Waals surface area contributed by atoms with Gasteiger partial charge in [-0.1, -0.05) is 54.1 Å². The Morgan fingerprint density at radius 1 is 0.750 bits per heavy atom. The topological polar surface area (TPSA) is 21.6 Å². The van der Waals surface area contributed by atoms with Gasteiger partial charge < -0.3 is 4.74 Å². The van der Waals surface area contributed by atoms with Crippen molar-refractivity contribution in [3.8, 4) is 5.75 Å². The van der Waals surface area contributed by atoms with E-state index in [0.29, 0.717) is 5.90 Å². The third kappa shape index (κ3) is 3.72. The van der Waals surface area contributed by atoms with E-state index in [1.54, 1.807) is 0 Å². The van der Waals surface area contributed by atoms with E-state index in [1.807, 2.05) is 60.7 Å². The van der Waals surface area contributed by atoms with Crippen LogP contribution in [0.4, 0.5) is 5.69 Å². The minimum absolute atomic E-state index is 0.608. The van der Waals surface area contributed by atoms with Crippen molar-refractivity contribution in [3.63, 3.8) is 0 Å². The summed E-state index contributed by atoms with van der Waals surface area (Å²) < 4.78 is 6.09. The fraction of sp³-hybridized carbons (Fsp3) is 0.136. The van der Waals surface area contributed by atoms with Crippen LogP contribution in [0.15, 0.2) is 77.8 Å². The summed E-state index contributed by atoms with van der Waals surface area (Å²) in [6.45, 7) is 6.28. The Morgan fingerprint density at radius 2 is 1.29 bits per heavy atom. The van der Waals surface area contributed by atoms with E-state index in [4.69, 9.17) is 9.73 Å². The zero-order valence-corrected chi connectivity index (χ0v) is 14.3. The first-order valence-corrected chi connectivity index (χ1v) is 8.08. The first-order chi connectivity index (χ1) is 11.6. The maximum absolute atomic E-state index is 6.09. The molecule has 0 aliphatic rings. The van der Waals surface area contributed by atoms with Crippen molar-refractivity contribution in [2.75, 3.05) is 0 Å². The van der Waals surface area contributed by atoms with Crippen molar-refractivity contribution in [1.82, 2.24) is 0 Å². The lowest BCUT2D eigenvalue weighted by Gasteiger charge is -2.12. The zero-order valence-electron chi connectivity index (χ0n) is 14.3. The van der Waals surface area contributed by atoms with Gasteiger partial charge in [0.15, 0.2) is 0 Å². The van der Waals surface area contributed by atoms with E-state index in [0.717, 1.165) is 28.1 Å². The van der Waals surface area contributed by atoms with E-state index in [2.05, 4.69) is 32.9 Å². The maximum atomic E-state index is 6.09. The molecule has 120 valence electrons. The summed E-state index contributed by atoms with van der Waals surface area (Å²) in [7, 11) is 0. The van der Waals surface area contributed by atoms with Crippen molar-refractivity contribution in [1.29, 1.82) is 0 Å². The van der Waals surface area contributed by atoms with Crippen LogP contribution >= 0.6 is 0 Å². The molecule has 0 amide bonds. The highest BCUT2D eigenvalue weighted by atomic mass is 16.5.